The minimum atomic E-state index is -4.00. The molecular formula is C17H39F3. The van der Waals surface area contributed by atoms with Crippen molar-refractivity contribution in [3.63, 3.8) is 0 Å². The van der Waals surface area contributed by atoms with E-state index in [0.717, 1.165) is 25.7 Å². The smallest absolute Gasteiger partial charge is 0.171 e. The van der Waals surface area contributed by atoms with E-state index < -0.39 is 12.1 Å². The standard InChI is InChI=1S/C5H12.C4H7F3.2C4H10/c1-4-5(2)3;1-3(2)4(5,6)7;1-4(2)3;1-3-4-2/h5H,4H2,1-3H3;3H,1-2H3;4H,1-3H3;3-4H2,1-2H3. The molecule has 0 unspecified atom stereocenters. The highest BCUT2D eigenvalue weighted by molar-refractivity contribution is 4.52. The Morgan fingerprint density at radius 2 is 0.850 bits per heavy atom. The number of halogens is 3. The van der Waals surface area contributed by atoms with E-state index in [1.165, 1.54) is 19.3 Å². The van der Waals surface area contributed by atoms with Gasteiger partial charge in [0.1, 0.15) is 0 Å². The first-order chi connectivity index (χ1) is 8.86. The van der Waals surface area contributed by atoms with Gasteiger partial charge >= 0.3 is 6.18 Å². The first-order valence-corrected chi connectivity index (χ1v) is 7.93. The van der Waals surface area contributed by atoms with Crippen LogP contribution in [0.3, 0.4) is 0 Å². The van der Waals surface area contributed by atoms with Crippen LogP contribution in [0.1, 0.15) is 88.5 Å². The Morgan fingerprint density at radius 1 is 0.700 bits per heavy atom. The number of unbranched alkanes of at least 4 members (excludes halogenated alkanes) is 1. The molecule has 0 aromatic carbocycles. The molecule has 0 saturated carbocycles. The van der Waals surface area contributed by atoms with Gasteiger partial charge in [-0.15, -0.1) is 0 Å². The van der Waals surface area contributed by atoms with Crippen LogP contribution in [0.25, 0.3) is 0 Å². The number of hydrogen-bond acceptors (Lipinski definition) is 0. The van der Waals surface area contributed by atoms with Gasteiger partial charge in [-0.25, -0.2) is 0 Å². The molecule has 3 heteroatoms. The Bertz CT molecular complexity index is 142. The van der Waals surface area contributed by atoms with E-state index in [1.54, 1.807) is 0 Å². The first-order valence-electron chi connectivity index (χ1n) is 7.93. The van der Waals surface area contributed by atoms with E-state index in [9.17, 15) is 13.2 Å². The van der Waals surface area contributed by atoms with Crippen LogP contribution in [0.2, 0.25) is 0 Å². The van der Waals surface area contributed by atoms with E-state index in [4.69, 9.17) is 0 Å². The lowest BCUT2D eigenvalue weighted by atomic mass is 10.2. The summed E-state index contributed by atoms with van der Waals surface area (Å²) in [6.45, 7) is 19.8. The van der Waals surface area contributed by atoms with E-state index in [-0.39, 0.29) is 0 Å². The van der Waals surface area contributed by atoms with Crippen LogP contribution in [-0.4, -0.2) is 6.18 Å². The third-order valence-electron chi connectivity index (χ3n) is 1.97. The molecule has 0 spiro atoms. The van der Waals surface area contributed by atoms with Crippen LogP contribution in [-0.2, 0) is 0 Å². The molecule has 0 aliphatic rings. The summed E-state index contributed by atoms with van der Waals surface area (Å²) in [5.41, 5.74) is 0. The minimum Gasteiger partial charge on any atom is -0.171 e. The normalized spacial score (nSPS) is 10.2. The molecule has 0 heterocycles. The highest BCUT2D eigenvalue weighted by atomic mass is 19.4. The van der Waals surface area contributed by atoms with Crippen LogP contribution in [0.4, 0.5) is 13.2 Å². The van der Waals surface area contributed by atoms with Crippen molar-refractivity contribution < 1.29 is 13.2 Å². The molecule has 0 aliphatic carbocycles. The summed E-state index contributed by atoms with van der Waals surface area (Å²) in [4.78, 5) is 0. The lowest BCUT2D eigenvalue weighted by molar-refractivity contribution is -0.164. The predicted octanol–water partition coefficient (Wildman–Crippen LogP) is 7.73. The Kier molecular flexibility index (Phi) is 26.3. The molecule has 20 heavy (non-hydrogen) atoms. The minimum absolute atomic E-state index is 0.833. The van der Waals surface area contributed by atoms with Gasteiger partial charge < -0.3 is 0 Å². The molecule has 0 rings (SSSR count). The third-order valence-corrected chi connectivity index (χ3v) is 1.97. The van der Waals surface area contributed by atoms with Crippen molar-refractivity contribution in [2.24, 2.45) is 17.8 Å². The molecule has 0 aromatic heterocycles. The molecule has 0 radical (unpaired) electrons. The second kappa shape index (κ2) is 18.8. The van der Waals surface area contributed by atoms with Crippen molar-refractivity contribution in [2.75, 3.05) is 0 Å². The zero-order chi connectivity index (χ0) is 17.4. The molecule has 0 atom stereocenters. The lowest BCUT2D eigenvalue weighted by Gasteiger charge is -2.07. The molecule has 0 aliphatic heterocycles. The number of alkyl halides is 3. The van der Waals surface area contributed by atoms with Gasteiger partial charge in [0.2, 0.25) is 0 Å². The molecule has 0 aromatic rings. The fourth-order valence-corrected chi connectivity index (χ4v) is 0. The highest BCUT2D eigenvalue weighted by Gasteiger charge is 2.31. The summed E-state index contributed by atoms with van der Waals surface area (Å²) in [6.07, 6.45) is -0.0556. The van der Waals surface area contributed by atoms with Crippen molar-refractivity contribution >= 4 is 0 Å². The van der Waals surface area contributed by atoms with Crippen LogP contribution in [0, 0.1) is 17.8 Å². The van der Waals surface area contributed by atoms with Gasteiger partial charge in [0.15, 0.2) is 0 Å². The lowest BCUT2D eigenvalue weighted by Crippen LogP contribution is -2.15. The zero-order valence-electron chi connectivity index (χ0n) is 15.5. The zero-order valence-corrected chi connectivity index (χ0v) is 15.5. The summed E-state index contributed by atoms with van der Waals surface area (Å²) in [6, 6.07) is 0. The van der Waals surface area contributed by atoms with Gasteiger partial charge in [-0.3, -0.25) is 0 Å². The summed E-state index contributed by atoms with van der Waals surface area (Å²) in [7, 11) is 0. The average molecular weight is 300 g/mol. The van der Waals surface area contributed by atoms with Crippen LogP contribution in [0.5, 0.6) is 0 Å². The highest BCUT2D eigenvalue weighted by Crippen LogP contribution is 2.24. The molecule has 0 bridgehead atoms. The summed E-state index contributed by atoms with van der Waals surface area (Å²) in [5.74, 6) is 0.516. The molecule has 0 fully saturated rings. The molecule has 0 saturated heterocycles. The number of hydrogen-bond donors (Lipinski definition) is 0. The maximum Gasteiger partial charge on any atom is 0.391 e. The average Bonchev–Trinajstić information content (AvgIpc) is 2.28. The molecule has 128 valence electrons. The Morgan fingerprint density at radius 3 is 0.850 bits per heavy atom. The quantitative estimate of drug-likeness (QED) is 0.489. The topological polar surface area (TPSA) is 0 Å². The third kappa shape index (κ3) is 64.9. The van der Waals surface area contributed by atoms with E-state index in [0.29, 0.717) is 0 Å². The predicted molar refractivity (Wildman–Crippen MR) is 87.1 cm³/mol. The molecule has 0 nitrogen and oxygen atoms in total. The second-order valence-electron chi connectivity index (χ2n) is 6.23. The van der Waals surface area contributed by atoms with Crippen molar-refractivity contribution in [1.29, 1.82) is 0 Å². The van der Waals surface area contributed by atoms with Gasteiger partial charge in [-0.2, -0.15) is 13.2 Å². The van der Waals surface area contributed by atoms with Crippen molar-refractivity contribution in [1.82, 2.24) is 0 Å². The van der Waals surface area contributed by atoms with E-state index >= 15 is 0 Å². The monoisotopic (exact) mass is 300 g/mol. The summed E-state index contributed by atoms with van der Waals surface area (Å²) >= 11 is 0. The fourth-order valence-electron chi connectivity index (χ4n) is 0. The summed E-state index contributed by atoms with van der Waals surface area (Å²) < 4.78 is 33.5. The Labute approximate surface area is 126 Å². The second-order valence-corrected chi connectivity index (χ2v) is 6.23. The van der Waals surface area contributed by atoms with Gasteiger partial charge in [-0.05, 0) is 11.8 Å². The first kappa shape index (κ1) is 28.0. The van der Waals surface area contributed by atoms with Gasteiger partial charge in [0.05, 0.1) is 0 Å². The van der Waals surface area contributed by atoms with Crippen LogP contribution >= 0.6 is 0 Å². The van der Waals surface area contributed by atoms with E-state index in [1.807, 2.05) is 0 Å². The van der Waals surface area contributed by atoms with Crippen molar-refractivity contribution in [3.05, 3.63) is 0 Å². The van der Waals surface area contributed by atoms with Crippen molar-refractivity contribution in [2.45, 2.75) is 94.7 Å². The van der Waals surface area contributed by atoms with Crippen LogP contribution in [0.15, 0.2) is 0 Å². The Balaban J connectivity index is -0.0000000883. The molecule has 0 amide bonds. The Hall–Kier alpha value is -0.210. The van der Waals surface area contributed by atoms with Gasteiger partial charge in [0, 0.05) is 5.92 Å². The maximum atomic E-state index is 11.2. The summed E-state index contributed by atoms with van der Waals surface area (Å²) in [5, 5.41) is 0. The molecule has 0 N–H and O–H groups in total. The fraction of sp³-hybridized carbons (Fsp3) is 1.00. The van der Waals surface area contributed by atoms with Crippen LogP contribution < -0.4 is 0 Å². The SMILES string of the molecule is CC(C)C.CC(C)C(F)(F)F.CCC(C)C.CCCC. The van der Waals surface area contributed by atoms with Gasteiger partial charge in [0.25, 0.3) is 0 Å². The largest absolute Gasteiger partial charge is 0.391 e. The number of rotatable bonds is 2. The maximum absolute atomic E-state index is 11.2. The van der Waals surface area contributed by atoms with Gasteiger partial charge in [-0.1, -0.05) is 88.5 Å². The van der Waals surface area contributed by atoms with Crippen molar-refractivity contribution in [3.8, 4) is 0 Å². The van der Waals surface area contributed by atoms with E-state index in [2.05, 4.69) is 55.4 Å². The molecular weight excluding hydrogens is 261 g/mol.